The Hall–Kier alpha value is -0.960. The lowest BCUT2D eigenvalue weighted by molar-refractivity contribution is 0.248. The predicted octanol–water partition coefficient (Wildman–Crippen LogP) is 4.36. The highest BCUT2D eigenvalue weighted by molar-refractivity contribution is 5.29. The Morgan fingerprint density at radius 2 is 2.00 bits per heavy atom. The van der Waals surface area contributed by atoms with E-state index in [1.54, 1.807) is 6.92 Å². The summed E-state index contributed by atoms with van der Waals surface area (Å²) in [5.41, 5.74) is 0.905. The minimum Gasteiger partial charge on any atom is -0.310 e. The molecule has 0 aromatic heterocycles. The van der Waals surface area contributed by atoms with Gasteiger partial charge in [-0.25, -0.2) is 8.78 Å². The summed E-state index contributed by atoms with van der Waals surface area (Å²) >= 11 is 0. The van der Waals surface area contributed by atoms with Crippen LogP contribution in [-0.2, 0) is 0 Å². The summed E-state index contributed by atoms with van der Waals surface area (Å²) in [6.45, 7) is 4.43. The van der Waals surface area contributed by atoms with E-state index >= 15 is 0 Å². The van der Waals surface area contributed by atoms with Gasteiger partial charge in [-0.3, -0.25) is 0 Å². The first-order valence-electron chi connectivity index (χ1n) is 7.79. The molecule has 2 aliphatic carbocycles. The minimum absolute atomic E-state index is 0.0367. The van der Waals surface area contributed by atoms with E-state index in [1.807, 2.05) is 6.92 Å². The molecule has 1 N–H and O–H groups in total. The number of halogens is 2. The van der Waals surface area contributed by atoms with Crippen molar-refractivity contribution < 1.29 is 8.78 Å². The van der Waals surface area contributed by atoms with Crippen LogP contribution in [0.3, 0.4) is 0 Å². The van der Waals surface area contributed by atoms with Crippen LogP contribution in [0.1, 0.15) is 49.8 Å². The standard InChI is InChI=1S/C17H23F2N/c1-3-20-17(13-8-11-4-5-12(13)7-11)14-9-15(18)10(2)6-16(14)19/h6,9,11-13,17,20H,3-5,7-8H2,1-2H3. The number of hydrogen-bond acceptors (Lipinski definition) is 1. The van der Waals surface area contributed by atoms with Gasteiger partial charge in [-0.05, 0) is 68.2 Å². The van der Waals surface area contributed by atoms with Crippen molar-refractivity contribution in [2.24, 2.45) is 17.8 Å². The van der Waals surface area contributed by atoms with Crippen molar-refractivity contribution in [1.29, 1.82) is 0 Å². The SMILES string of the molecule is CCNC(c1cc(F)c(C)cc1F)C1CC2CCC1C2. The van der Waals surface area contributed by atoms with Gasteiger partial charge in [0.25, 0.3) is 0 Å². The first kappa shape index (κ1) is 14.0. The quantitative estimate of drug-likeness (QED) is 0.863. The molecule has 0 radical (unpaired) electrons. The van der Waals surface area contributed by atoms with Gasteiger partial charge in [-0.2, -0.15) is 0 Å². The second kappa shape index (κ2) is 5.44. The van der Waals surface area contributed by atoms with E-state index in [9.17, 15) is 8.78 Å². The van der Waals surface area contributed by atoms with E-state index in [-0.39, 0.29) is 17.7 Å². The number of nitrogens with one attached hydrogen (secondary N) is 1. The maximum Gasteiger partial charge on any atom is 0.128 e. The second-order valence-corrected chi connectivity index (χ2v) is 6.50. The van der Waals surface area contributed by atoms with Crippen molar-refractivity contribution in [3.05, 3.63) is 34.9 Å². The molecule has 1 nitrogen and oxygen atoms in total. The zero-order chi connectivity index (χ0) is 14.3. The van der Waals surface area contributed by atoms with Crippen LogP contribution >= 0.6 is 0 Å². The Kier molecular flexibility index (Phi) is 3.80. The molecule has 0 spiro atoms. The van der Waals surface area contributed by atoms with Crippen LogP contribution < -0.4 is 5.32 Å². The fraction of sp³-hybridized carbons (Fsp3) is 0.647. The summed E-state index contributed by atoms with van der Waals surface area (Å²) in [6, 6.07) is 2.71. The Morgan fingerprint density at radius 3 is 2.60 bits per heavy atom. The normalized spacial score (nSPS) is 29.9. The van der Waals surface area contributed by atoms with Gasteiger partial charge < -0.3 is 5.32 Å². The summed E-state index contributed by atoms with van der Waals surface area (Å²) in [4.78, 5) is 0. The van der Waals surface area contributed by atoms with Crippen molar-refractivity contribution in [3.8, 4) is 0 Å². The molecule has 4 unspecified atom stereocenters. The second-order valence-electron chi connectivity index (χ2n) is 6.50. The van der Waals surface area contributed by atoms with Crippen LogP contribution in [0.4, 0.5) is 8.78 Å². The maximum absolute atomic E-state index is 14.3. The van der Waals surface area contributed by atoms with E-state index < -0.39 is 0 Å². The molecule has 0 aliphatic heterocycles. The molecule has 2 aliphatic rings. The number of fused-ring (bicyclic) bond motifs is 2. The smallest absolute Gasteiger partial charge is 0.128 e. The van der Waals surface area contributed by atoms with E-state index in [0.29, 0.717) is 23.0 Å². The van der Waals surface area contributed by atoms with Crippen LogP contribution in [0.25, 0.3) is 0 Å². The molecule has 20 heavy (non-hydrogen) atoms. The summed E-state index contributed by atoms with van der Waals surface area (Å²) in [5.74, 6) is 1.40. The van der Waals surface area contributed by atoms with E-state index in [2.05, 4.69) is 5.32 Å². The van der Waals surface area contributed by atoms with E-state index in [1.165, 1.54) is 31.4 Å². The third-order valence-corrected chi connectivity index (χ3v) is 5.26. The first-order valence-corrected chi connectivity index (χ1v) is 7.79. The Balaban J connectivity index is 1.92. The molecule has 110 valence electrons. The van der Waals surface area contributed by atoms with E-state index in [4.69, 9.17) is 0 Å². The number of aryl methyl sites for hydroxylation is 1. The van der Waals surface area contributed by atoms with Crippen molar-refractivity contribution in [2.75, 3.05) is 6.54 Å². The van der Waals surface area contributed by atoms with Gasteiger partial charge in [0.15, 0.2) is 0 Å². The Labute approximate surface area is 119 Å². The molecule has 0 saturated heterocycles. The molecular formula is C17H23F2N. The van der Waals surface area contributed by atoms with E-state index in [0.717, 1.165) is 18.9 Å². The minimum atomic E-state index is -0.299. The van der Waals surface area contributed by atoms with Crippen molar-refractivity contribution >= 4 is 0 Å². The number of benzene rings is 1. The summed E-state index contributed by atoms with van der Waals surface area (Å²) in [7, 11) is 0. The Bertz CT molecular complexity index is 500. The van der Waals surface area contributed by atoms with Crippen LogP contribution in [0, 0.1) is 36.3 Å². The van der Waals surface area contributed by atoms with Crippen molar-refractivity contribution in [1.82, 2.24) is 5.32 Å². The maximum atomic E-state index is 14.3. The first-order chi connectivity index (χ1) is 9.60. The third kappa shape index (κ3) is 2.37. The summed E-state index contributed by atoms with van der Waals surface area (Å²) in [5, 5.41) is 3.41. The lowest BCUT2D eigenvalue weighted by Crippen LogP contribution is -2.32. The summed E-state index contributed by atoms with van der Waals surface area (Å²) in [6.07, 6.45) is 5.03. The highest BCUT2D eigenvalue weighted by atomic mass is 19.1. The Morgan fingerprint density at radius 1 is 1.20 bits per heavy atom. The van der Waals surface area contributed by atoms with Gasteiger partial charge in [-0.15, -0.1) is 0 Å². The largest absolute Gasteiger partial charge is 0.310 e. The van der Waals surface area contributed by atoms with Gasteiger partial charge in [-0.1, -0.05) is 13.3 Å². The monoisotopic (exact) mass is 279 g/mol. The molecule has 2 fully saturated rings. The highest BCUT2D eigenvalue weighted by Gasteiger charge is 2.43. The van der Waals surface area contributed by atoms with Gasteiger partial charge in [0.1, 0.15) is 11.6 Å². The molecule has 4 atom stereocenters. The molecular weight excluding hydrogens is 256 g/mol. The third-order valence-electron chi connectivity index (χ3n) is 5.26. The van der Waals surface area contributed by atoms with Gasteiger partial charge >= 0.3 is 0 Å². The number of rotatable bonds is 4. The van der Waals surface area contributed by atoms with Crippen LogP contribution in [0.15, 0.2) is 12.1 Å². The van der Waals surface area contributed by atoms with Crippen LogP contribution in [-0.4, -0.2) is 6.54 Å². The lowest BCUT2D eigenvalue weighted by atomic mass is 9.80. The molecule has 1 aromatic rings. The average molecular weight is 279 g/mol. The topological polar surface area (TPSA) is 12.0 Å². The highest BCUT2D eigenvalue weighted by Crippen LogP contribution is 2.52. The van der Waals surface area contributed by atoms with Crippen molar-refractivity contribution in [3.63, 3.8) is 0 Å². The molecule has 1 aromatic carbocycles. The molecule has 3 rings (SSSR count). The van der Waals surface area contributed by atoms with Gasteiger partial charge in [0.05, 0.1) is 0 Å². The van der Waals surface area contributed by atoms with Gasteiger partial charge in [0, 0.05) is 11.6 Å². The molecule has 2 saturated carbocycles. The lowest BCUT2D eigenvalue weighted by Gasteiger charge is -2.32. The molecule has 0 heterocycles. The number of hydrogen-bond donors (Lipinski definition) is 1. The fourth-order valence-electron chi connectivity index (χ4n) is 4.31. The molecule has 3 heteroatoms. The van der Waals surface area contributed by atoms with Crippen molar-refractivity contribution in [2.45, 2.75) is 45.6 Å². The van der Waals surface area contributed by atoms with Gasteiger partial charge in [0.2, 0.25) is 0 Å². The zero-order valence-corrected chi connectivity index (χ0v) is 12.3. The predicted molar refractivity (Wildman–Crippen MR) is 76.5 cm³/mol. The van der Waals surface area contributed by atoms with Crippen LogP contribution in [0.2, 0.25) is 0 Å². The fourth-order valence-corrected chi connectivity index (χ4v) is 4.31. The zero-order valence-electron chi connectivity index (χ0n) is 12.3. The molecule has 2 bridgehead atoms. The average Bonchev–Trinajstić information content (AvgIpc) is 3.03. The summed E-state index contributed by atoms with van der Waals surface area (Å²) < 4.78 is 28.1. The molecule has 0 amide bonds. The van der Waals surface area contributed by atoms with Crippen LogP contribution in [0.5, 0.6) is 0 Å².